The fourth-order valence-corrected chi connectivity index (χ4v) is 7.94. The zero-order valence-corrected chi connectivity index (χ0v) is 24.7. The largest absolute Gasteiger partial charge is 0.456 e. The average Bonchev–Trinajstić information content (AvgIpc) is 3.85. The lowest BCUT2D eigenvalue weighted by atomic mass is 10.1. The normalized spacial score (nSPS) is 12.3. The number of nitrogens with zero attached hydrogens (tertiary/aromatic N) is 3. The number of hydrogen-bond acceptors (Lipinski definition) is 1. The van der Waals surface area contributed by atoms with Gasteiger partial charge in [0.2, 0.25) is 0 Å². The number of furan rings is 1. The minimum absolute atomic E-state index is 0.911. The minimum atomic E-state index is 0.911. The standard InChI is InChI=1S/C42H25N3O/c1-2-10-26(11-3-1)43-33-14-6-4-12-29(33)31-24-27(20-22-34(31)43)44-35-15-8-17-37-41(35)42-36(44)16-9-18-38(42)45(37)28-21-23-40-32(25-28)30-13-5-7-19-39(30)46-40/h1-25H. The van der Waals surface area contributed by atoms with E-state index in [1.54, 1.807) is 0 Å². The van der Waals surface area contributed by atoms with E-state index in [0.717, 1.165) is 33.3 Å². The van der Waals surface area contributed by atoms with Gasteiger partial charge < -0.3 is 18.1 Å². The van der Waals surface area contributed by atoms with Crippen LogP contribution in [0.25, 0.3) is 93.6 Å². The molecule has 0 fully saturated rings. The minimum Gasteiger partial charge on any atom is -0.456 e. The zero-order valence-electron chi connectivity index (χ0n) is 24.7. The maximum atomic E-state index is 6.16. The van der Waals surface area contributed by atoms with E-state index in [9.17, 15) is 0 Å². The monoisotopic (exact) mass is 587 g/mol. The summed E-state index contributed by atoms with van der Waals surface area (Å²) in [7, 11) is 0. The summed E-state index contributed by atoms with van der Waals surface area (Å²) in [6, 6.07) is 54.5. The second-order valence-electron chi connectivity index (χ2n) is 12.2. The fraction of sp³-hybridized carbons (Fsp3) is 0. The van der Waals surface area contributed by atoms with Crippen molar-refractivity contribution in [3.8, 4) is 17.1 Å². The van der Waals surface area contributed by atoms with Crippen molar-refractivity contribution in [3.05, 3.63) is 152 Å². The number of rotatable bonds is 3. The summed E-state index contributed by atoms with van der Waals surface area (Å²) in [6.45, 7) is 0. The third-order valence-electron chi connectivity index (χ3n) is 9.80. The van der Waals surface area contributed by atoms with Crippen LogP contribution in [-0.2, 0) is 0 Å². The van der Waals surface area contributed by atoms with E-state index in [4.69, 9.17) is 4.42 Å². The molecule has 46 heavy (non-hydrogen) atoms. The van der Waals surface area contributed by atoms with Gasteiger partial charge in [-0.3, -0.25) is 0 Å². The molecule has 4 nitrogen and oxygen atoms in total. The van der Waals surface area contributed by atoms with Crippen molar-refractivity contribution in [3.63, 3.8) is 0 Å². The first-order chi connectivity index (χ1) is 22.8. The van der Waals surface area contributed by atoms with Gasteiger partial charge in [0.15, 0.2) is 0 Å². The van der Waals surface area contributed by atoms with Crippen molar-refractivity contribution in [2.45, 2.75) is 0 Å². The highest BCUT2D eigenvalue weighted by Gasteiger charge is 2.23. The molecule has 214 valence electrons. The number of para-hydroxylation sites is 3. The van der Waals surface area contributed by atoms with Gasteiger partial charge in [-0.05, 0) is 84.9 Å². The molecular formula is C42H25N3O. The van der Waals surface area contributed by atoms with Gasteiger partial charge in [-0.25, -0.2) is 0 Å². The number of benzene rings is 7. The predicted octanol–water partition coefficient (Wildman–Crippen LogP) is 11.2. The van der Waals surface area contributed by atoms with Crippen LogP contribution in [-0.4, -0.2) is 13.7 Å². The molecular weight excluding hydrogens is 562 g/mol. The molecule has 0 spiro atoms. The Morgan fingerprint density at radius 3 is 1.52 bits per heavy atom. The van der Waals surface area contributed by atoms with E-state index < -0.39 is 0 Å². The van der Waals surface area contributed by atoms with Crippen molar-refractivity contribution in [2.75, 3.05) is 0 Å². The van der Waals surface area contributed by atoms with Crippen molar-refractivity contribution in [2.24, 2.45) is 0 Å². The molecule has 0 N–H and O–H groups in total. The number of hydrogen-bond donors (Lipinski definition) is 0. The maximum Gasteiger partial charge on any atom is 0.135 e. The van der Waals surface area contributed by atoms with Crippen molar-refractivity contribution in [1.82, 2.24) is 13.7 Å². The van der Waals surface area contributed by atoms with Gasteiger partial charge in [0.05, 0.1) is 33.1 Å². The molecule has 11 aromatic rings. The van der Waals surface area contributed by atoms with Gasteiger partial charge >= 0.3 is 0 Å². The van der Waals surface area contributed by atoms with E-state index in [1.807, 2.05) is 12.1 Å². The van der Waals surface area contributed by atoms with Crippen LogP contribution < -0.4 is 0 Å². The molecule has 0 aliphatic rings. The van der Waals surface area contributed by atoms with Gasteiger partial charge in [0.1, 0.15) is 11.2 Å². The number of fused-ring (bicyclic) bond motifs is 6. The molecule has 4 aromatic heterocycles. The van der Waals surface area contributed by atoms with Crippen LogP contribution in [0.3, 0.4) is 0 Å². The lowest BCUT2D eigenvalue weighted by Crippen LogP contribution is -1.98. The van der Waals surface area contributed by atoms with Gasteiger partial charge in [-0.2, -0.15) is 0 Å². The highest BCUT2D eigenvalue weighted by atomic mass is 16.3. The van der Waals surface area contributed by atoms with Crippen LogP contribution in [0, 0.1) is 0 Å². The van der Waals surface area contributed by atoms with E-state index in [2.05, 4.69) is 153 Å². The summed E-state index contributed by atoms with van der Waals surface area (Å²) in [5.74, 6) is 0. The van der Waals surface area contributed by atoms with Crippen molar-refractivity contribution < 1.29 is 4.42 Å². The molecule has 0 amide bonds. The lowest BCUT2D eigenvalue weighted by molar-refractivity contribution is 0.669. The van der Waals surface area contributed by atoms with Crippen LogP contribution >= 0.6 is 0 Å². The molecule has 0 unspecified atom stereocenters. The molecule has 0 radical (unpaired) electrons. The van der Waals surface area contributed by atoms with Crippen LogP contribution in [0.2, 0.25) is 0 Å². The van der Waals surface area contributed by atoms with E-state index in [-0.39, 0.29) is 0 Å². The smallest absolute Gasteiger partial charge is 0.135 e. The molecule has 11 rings (SSSR count). The van der Waals surface area contributed by atoms with E-state index >= 15 is 0 Å². The molecule has 4 heteroatoms. The van der Waals surface area contributed by atoms with Gasteiger partial charge in [-0.15, -0.1) is 0 Å². The summed E-state index contributed by atoms with van der Waals surface area (Å²) in [5, 5.41) is 7.36. The molecule has 0 atom stereocenters. The molecule has 7 aromatic carbocycles. The van der Waals surface area contributed by atoms with Gasteiger partial charge in [-0.1, -0.05) is 66.7 Å². The van der Waals surface area contributed by atoms with E-state index in [1.165, 1.54) is 60.3 Å². The third kappa shape index (κ3) is 3.03. The highest BCUT2D eigenvalue weighted by molar-refractivity contribution is 6.25. The zero-order chi connectivity index (χ0) is 29.9. The molecule has 0 saturated carbocycles. The Balaban J connectivity index is 1.18. The van der Waals surface area contributed by atoms with Crippen molar-refractivity contribution in [1.29, 1.82) is 0 Å². The Labute approximate surface area is 262 Å². The maximum absolute atomic E-state index is 6.16. The predicted molar refractivity (Wildman–Crippen MR) is 190 cm³/mol. The first-order valence-corrected chi connectivity index (χ1v) is 15.7. The third-order valence-corrected chi connectivity index (χ3v) is 9.80. The summed E-state index contributed by atoms with van der Waals surface area (Å²) in [6.07, 6.45) is 0. The Kier molecular flexibility index (Phi) is 4.55. The summed E-state index contributed by atoms with van der Waals surface area (Å²) < 4.78 is 13.4. The lowest BCUT2D eigenvalue weighted by Gasteiger charge is -2.13. The van der Waals surface area contributed by atoms with E-state index in [0.29, 0.717) is 0 Å². The van der Waals surface area contributed by atoms with Crippen LogP contribution in [0.5, 0.6) is 0 Å². The SMILES string of the molecule is c1ccc(-n2c3ccccc3c3cc(-n4c5cccc6c5c5c(cccc54)n6-c4ccc5oc6ccccc6c5c4)ccc32)cc1. The summed E-state index contributed by atoms with van der Waals surface area (Å²) >= 11 is 0. The molecule has 0 saturated heterocycles. The molecule has 0 aliphatic heterocycles. The first-order valence-electron chi connectivity index (χ1n) is 15.7. The van der Waals surface area contributed by atoms with Gasteiger partial charge in [0.25, 0.3) is 0 Å². The Hall–Kier alpha value is -6.26. The van der Waals surface area contributed by atoms with Crippen LogP contribution in [0.15, 0.2) is 156 Å². The average molecular weight is 588 g/mol. The highest BCUT2D eigenvalue weighted by Crippen LogP contribution is 2.44. The first kappa shape index (κ1) is 24.1. The van der Waals surface area contributed by atoms with Crippen LogP contribution in [0.1, 0.15) is 0 Å². The Morgan fingerprint density at radius 2 is 0.804 bits per heavy atom. The topological polar surface area (TPSA) is 27.9 Å². The molecule has 0 bridgehead atoms. The Bertz CT molecular complexity index is 2900. The quantitative estimate of drug-likeness (QED) is 0.202. The van der Waals surface area contributed by atoms with Crippen molar-refractivity contribution >= 4 is 76.6 Å². The second-order valence-corrected chi connectivity index (χ2v) is 12.2. The molecule has 4 heterocycles. The number of aromatic nitrogens is 3. The summed E-state index contributed by atoms with van der Waals surface area (Å²) in [4.78, 5) is 0. The second kappa shape index (κ2) is 8.68. The van der Waals surface area contributed by atoms with Crippen LogP contribution in [0.4, 0.5) is 0 Å². The molecule has 0 aliphatic carbocycles. The van der Waals surface area contributed by atoms with Gasteiger partial charge in [0, 0.05) is 49.4 Å². The Morgan fingerprint density at radius 1 is 0.304 bits per heavy atom. The summed E-state index contributed by atoms with van der Waals surface area (Å²) in [5.41, 5.74) is 12.6. The fourth-order valence-electron chi connectivity index (χ4n) is 7.94.